The number of thiazole rings is 1. The number of carbonyl (C=O) groups is 1. The monoisotopic (exact) mass is 294 g/mol. The van der Waals surface area contributed by atoms with Crippen LogP contribution in [0.1, 0.15) is 16.1 Å². The minimum absolute atomic E-state index is 0.0840. The van der Waals surface area contributed by atoms with Gasteiger partial charge in [-0.3, -0.25) is 4.40 Å². The van der Waals surface area contributed by atoms with E-state index in [-0.39, 0.29) is 10.6 Å². The van der Waals surface area contributed by atoms with E-state index in [4.69, 9.17) is 16.7 Å². The average molecular weight is 295 g/mol. The molecule has 0 fully saturated rings. The number of aromatic nitrogens is 4. The molecule has 0 aliphatic rings. The summed E-state index contributed by atoms with van der Waals surface area (Å²) < 4.78 is 1.58. The zero-order valence-electron chi connectivity index (χ0n) is 9.66. The molecular weight excluding hydrogens is 288 g/mol. The third kappa shape index (κ3) is 1.87. The van der Waals surface area contributed by atoms with Crippen molar-refractivity contribution in [3.05, 3.63) is 34.1 Å². The number of pyridine rings is 1. The van der Waals surface area contributed by atoms with Crippen molar-refractivity contribution < 1.29 is 9.90 Å². The summed E-state index contributed by atoms with van der Waals surface area (Å²) in [4.78, 5) is 16.0. The average Bonchev–Trinajstić information content (AvgIpc) is 2.94. The van der Waals surface area contributed by atoms with Gasteiger partial charge in [0.15, 0.2) is 11.5 Å². The van der Waals surface area contributed by atoms with E-state index in [1.807, 2.05) is 6.92 Å². The number of carboxylic acids is 1. The minimum Gasteiger partial charge on any atom is -0.478 e. The Morgan fingerprint density at radius 2 is 2.26 bits per heavy atom. The van der Waals surface area contributed by atoms with Crippen molar-refractivity contribution in [2.75, 3.05) is 0 Å². The Morgan fingerprint density at radius 3 is 2.89 bits per heavy atom. The van der Waals surface area contributed by atoms with Crippen molar-refractivity contribution in [2.45, 2.75) is 6.92 Å². The highest BCUT2D eigenvalue weighted by Crippen LogP contribution is 2.28. The highest BCUT2D eigenvalue weighted by Gasteiger charge is 2.17. The van der Waals surface area contributed by atoms with Gasteiger partial charge in [0, 0.05) is 6.20 Å². The smallest absolute Gasteiger partial charge is 0.337 e. The first kappa shape index (κ1) is 12.1. The predicted octanol–water partition coefficient (Wildman–Crippen LogP) is 2.51. The van der Waals surface area contributed by atoms with Crippen LogP contribution in [0.4, 0.5) is 0 Å². The van der Waals surface area contributed by atoms with Crippen molar-refractivity contribution in [3.63, 3.8) is 0 Å². The number of aryl methyl sites for hydroxylation is 1. The van der Waals surface area contributed by atoms with Crippen molar-refractivity contribution in [1.82, 2.24) is 19.6 Å². The second-order valence-corrected chi connectivity index (χ2v) is 5.13. The Bertz CT molecular complexity index is 795. The molecule has 1 N–H and O–H groups in total. The molecule has 0 spiro atoms. The lowest BCUT2D eigenvalue weighted by molar-refractivity contribution is 0.0696. The fraction of sp³-hybridized carbons (Fsp3) is 0.0909. The summed E-state index contributed by atoms with van der Waals surface area (Å²) in [5.41, 5.74) is 3.03. The second-order valence-electron chi connectivity index (χ2n) is 3.87. The van der Waals surface area contributed by atoms with Gasteiger partial charge in [-0.05, 0) is 13.0 Å². The lowest BCUT2D eigenvalue weighted by Gasteiger charge is -2.01. The van der Waals surface area contributed by atoms with E-state index in [1.165, 1.54) is 23.6 Å². The summed E-state index contributed by atoms with van der Waals surface area (Å²) in [6, 6.07) is 1.36. The van der Waals surface area contributed by atoms with Crippen molar-refractivity contribution >= 4 is 34.6 Å². The Labute approximate surface area is 116 Å². The molecule has 0 saturated heterocycles. The van der Waals surface area contributed by atoms with Gasteiger partial charge in [0.2, 0.25) is 0 Å². The highest BCUT2D eigenvalue weighted by molar-refractivity contribution is 7.13. The summed E-state index contributed by atoms with van der Waals surface area (Å²) in [6.45, 7) is 1.86. The van der Waals surface area contributed by atoms with Crippen LogP contribution < -0.4 is 0 Å². The molecule has 3 heterocycles. The molecule has 3 rings (SSSR count). The van der Waals surface area contributed by atoms with Gasteiger partial charge in [0.25, 0.3) is 0 Å². The molecule has 0 aromatic carbocycles. The van der Waals surface area contributed by atoms with Gasteiger partial charge >= 0.3 is 5.97 Å². The van der Waals surface area contributed by atoms with Crippen LogP contribution in [0.3, 0.4) is 0 Å². The van der Waals surface area contributed by atoms with Crippen LogP contribution >= 0.6 is 22.9 Å². The molecule has 0 radical (unpaired) electrons. The van der Waals surface area contributed by atoms with Crippen LogP contribution in [-0.4, -0.2) is 30.7 Å². The van der Waals surface area contributed by atoms with Gasteiger partial charge in [0.1, 0.15) is 0 Å². The van der Waals surface area contributed by atoms with Gasteiger partial charge in [0.05, 0.1) is 26.7 Å². The quantitative estimate of drug-likeness (QED) is 0.785. The third-order valence-corrected chi connectivity index (χ3v) is 3.86. The Kier molecular flexibility index (Phi) is 2.72. The van der Waals surface area contributed by atoms with E-state index < -0.39 is 5.97 Å². The molecule has 0 saturated carbocycles. The van der Waals surface area contributed by atoms with E-state index >= 15 is 0 Å². The summed E-state index contributed by atoms with van der Waals surface area (Å²) in [5, 5.41) is 17.4. The molecule has 0 unspecified atom stereocenters. The molecule has 0 aliphatic heterocycles. The topological polar surface area (TPSA) is 80.4 Å². The predicted molar refractivity (Wildman–Crippen MR) is 70.8 cm³/mol. The summed E-state index contributed by atoms with van der Waals surface area (Å²) in [6.07, 6.45) is 1.46. The van der Waals surface area contributed by atoms with Crippen LogP contribution in [0.15, 0.2) is 17.8 Å². The maximum absolute atomic E-state index is 11.1. The summed E-state index contributed by atoms with van der Waals surface area (Å²) in [5.74, 6) is -0.510. The number of nitrogens with zero attached hydrogens (tertiary/aromatic N) is 4. The van der Waals surface area contributed by atoms with Crippen LogP contribution in [0, 0.1) is 6.92 Å². The fourth-order valence-corrected chi connectivity index (χ4v) is 2.77. The Hall–Kier alpha value is -1.99. The second kappa shape index (κ2) is 4.29. The number of carboxylic acid groups (broad SMARTS) is 1. The summed E-state index contributed by atoms with van der Waals surface area (Å²) >= 11 is 7.44. The number of aromatic carboxylic acids is 1. The molecular formula is C11H7ClN4O2S. The number of rotatable bonds is 2. The molecule has 3 aromatic heterocycles. The zero-order chi connectivity index (χ0) is 13.6. The molecule has 0 atom stereocenters. The number of fused-ring (bicyclic) bond motifs is 1. The first-order valence-electron chi connectivity index (χ1n) is 5.26. The Balaban J connectivity index is 2.33. The number of hydrogen-bond acceptors (Lipinski definition) is 5. The maximum atomic E-state index is 11.1. The van der Waals surface area contributed by atoms with Gasteiger partial charge in [-0.25, -0.2) is 9.78 Å². The normalized spacial score (nSPS) is 11.1. The lowest BCUT2D eigenvalue weighted by Crippen LogP contribution is -2.00. The largest absolute Gasteiger partial charge is 0.478 e. The fourth-order valence-electron chi connectivity index (χ4n) is 1.74. The molecule has 8 heteroatoms. The van der Waals surface area contributed by atoms with Crippen molar-refractivity contribution in [2.24, 2.45) is 0 Å². The standard InChI is InChI=1S/C11H7ClN4O2S/c1-5-8(19-4-13-5)10-15-14-9-7(12)2-6(11(17)18)3-16(9)10/h2-4H,1H3,(H,17,18). The van der Waals surface area contributed by atoms with Gasteiger partial charge in [-0.15, -0.1) is 21.5 Å². The maximum Gasteiger partial charge on any atom is 0.337 e. The van der Waals surface area contributed by atoms with E-state index in [9.17, 15) is 4.79 Å². The minimum atomic E-state index is -1.05. The van der Waals surface area contributed by atoms with Crippen LogP contribution in [0.25, 0.3) is 16.3 Å². The molecule has 0 aliphatic carbocycles. The van der Waals surface area contributed by atoms with Crippen molar-refractivity contribution in [1.29, 1.82) is 0 Å². The Morgan fingerprint density at radius 1 is 1.47 bits per heavy atom. The van der Waals surface area contributed by atoms with E-state index in [2.05, 4.69) is 15.2 Å². The number of hydrogen-bond donors (Lipinski definition) is 1. The van der Waals surface area contributed by atoms with Crippen LogP contribution in [0.2, 0.25) is 5.02 Å². The van der Waals surface area contributed by atoms with E-state index in [0.29, 0.717) is 11.5 Å². The highest BCUT2D eigenvalue weighted by atomic mass is 35.5. The number of halogens is 1. The third-order valence-electron chi connectivity index (χ3n) is 2.66. The lowest BCUT2D eigenvalue weighted by atomic mass is 10.3. The van der Waals surface area contributed by atoms with Gasteiger partial charge < -0.3 is 5.11 Å². The summed E-state index contributed by atoms with van der Waals surface area (Å²) in [7, 11) is 0. The molecule has 0 bridgehead atoms. The van der Waals surface area contributed by atoms with E-state index in [1.54, 1.807) is 9.91 Å². The van der Waals surface area contributed by atoms with Gasteiger partial charge in [-0.2, -0.15) is 0 Å². The zero-order valence-corrected chi connectivity index (χ0v) is 11.2. The van der Waals surface area contributed by atoms with Crippen LogP contribution in [0.5, 0.6) is 0 Å². The first-order valence-corrected chi connectivity index (χ1v) is 6.51. The molecule has 6 nitrogen and oxygen atoms in total. The van der Waals surface area contributed by atoms with Crippen LogP contribution in [-0.2, 0) is 0 Å². The molecule has 3 aromatic rings. The molecule has 0 amide bonds. The van der Waals surface area contributed by atoms with Crippen molar-refractivity contribution in [3.8, 4) is 10.7 Å². The molecule has 96 valence electrons. The van der Waals surface area contributed by atoms with Gasteiger partial charge in [-0.1, -0.05) is 11.6 Å². The van der Waals surface area contributed by atoms with E-state index in [0.717, 1.165) is 10.6 Å². The molecule has 19 heavy (non-hydrogen) atoms. The first-order chi connectivity index (χ1) is 9.08. The SMILES string of the molecule is Cc1ncsc1-c1nnc2c(Cl)cc(C(=O)O)cn12.